The Morgan fingerprint density at radius 2 is 2.16 bits per heavy atom. The van der Waals surface area contributed by atoms with Gasteiger partial charge in [0, 0.05) is 25.4 Å². The Hall–Kier alpha value is -1.73. The van der Waals surface area contributed by atoms with E-state index in [1.54, 1.807) is 11.8 Å². The topological polar surface area (TPSA) is 70.7 Å². The van der Waals surface area contributed by atoms with E-state index in [0.29, 0.717) is 12.3 Å². The molecule has 0 aromatic heterocycles. The van der Waals surface area contributed by atoms with Crippen LogP contribution in [0.1, 0.15) is 12.0 Å². The molecule has 25 heavy (non-hydrogen) atoms. The highest BCUT2D eigenvalue weighted by molar-refractivity contribution is 7.99. The van der Waals surface area contributed by atoms with Gasteiger partial charge in [-0.3, -0.25) is 9.59 Å². The second-order valence-corrected chi connectivity index (χ2v) is 7.68. The van der Waals surface area contributed by atoms with Gasteiger partial charge in [-0.05, 0) is 31.4 Å². The highest BCUT2D eigenvalue weighted by atomic mass is 32.2. The van der Waals surface area contributed by atoms with E-state index >= 15 is 0 Å². The number of hydrogen-bond donors (Lipinski definition) is 2. The monoisotopic (exact) mass is 363 g/mol. The van der Waals surface area contributed by atoms with Crippen LogP contribution in [0.2, 0.25) is 0 Å². The number of hydrogen-bond acceptors (Lipinski definition) is 5. The van der Waals surface area contributed by atoms with Crippen molar-refractivity contribution >= 4 is 23.6 Å². The third-order valence-electron chi connectivity index (χ3n) is 4.56. The minimum Gasteiger partial charge on any atom is -0.484 e. The molecule has 0 spiro atoms. The normalized spacial score (nSPS) is 22.8. The predicted molar refractivity (Wildman–Crippen MR) is 98.6 cm³/mol. The quantitative estimate of drug-likeness (QED) is 0.789. The molecule has 1 aromatic rings. The van der Waals surface area contributed by atoms with Crippen LogP contribution < -0.4 is 15.4 Å². The molecule has 2 N–H and O–H groups in total. The zero-order chi connectivity index (χ0) is 17.6. The van der Waals surface area contributed by atoms with Crippen molar-refractivity contribution in [2.75, 3.05) is 37.9 Å². The Morgan fingerprint density at radius 3 is 2.88 bits per heavy atom. The maximum absolute atomic E-state index is 12.4. The van der Waals surface area contributed by atoms with E-state index in [-0.39, 0.29) is 30.4 Å². The maximum Gasteiger partial charge on any atom is 0.257 e. The lowest BCUT2D eigenvalue weighted by molar-refractivity contribution is -0.131. The molecule has 3 rings (SSSR count). The molecule has 0 radical (unpaired) electrons. The predicted octanol–water partition coefficient (Wildman–Crippen LogP) is 1.00. The number of amides is 2. The van der Waals surface area contributed by atoms with Crippen molar-refractivity contribution in [3.63, 3.8) is 0 Å². The summed E-state index contributed by atoms with van der Waals surface area (Å²) in [5, 5.41) is 6.19. The van der Waals surface area contributed by atoms with Crippen LogP contribution in [0.4, 0.5) is 0 Å². The van der Waals surface area contributed by atoms with Crippen LogP contribution in [0.5, 0.6) is 5.75 Å². The number of carbonyl (C=O) groups is 2. The molecule has 2 amide bonds. The third-order valence-corrected chi connectivity index (χ3v) is 5.53. The highest BCUT2D eigenvalue weighted by Crippen LogP contribution is 2.20. The highest BCUT2D eigenvalue weighted by Gasteiger charge is 2.33. The van der Waals surface area contributed by atoms with E-state index in [1.807, 2.05) is 36.1 Å². The zero-order valence-electron chi connectivity index (χ0n) is 14.5. The smallest absolute Gasteiger partial charge is 0.257 e. The van der Waals surface area contributed by atoms with Crippen molar-refractivity contribution in [2.24, 2.45) is 5.92 Å². The average molecular weight is 363 g/mol. The second kappa shape index (κ2) is 8.58. The number of aryl methyl sites for hydroxylation is 1. The molecule has 0 saturated carbocycles. The SMILES string of the molecule is Cc1ccc(OCC(=O)NCC2CNC(C(=O)N3CCSC3)C2)cc1. The Morgan fingerprint density at radius 1 is 1.36 bits per heavy atom. The molecule has 0 bridgehead atoms. The first-order valence-electron chi connectivity index (χ1n) is 8.68. The first-order valence-corrected chi connectivity index (χ1v) is 9.83. The van der Waals surface area contributed by atoms with Gasteiger partial charge in [-0.15, -0.1) is 11.8 Å². The number of carbonyl (C=O) groups excluding carboxylic acids is 2. The molecule has 2 aliphatic heterocycles. The molecule has 2 aliphatic rings. The Bertz CT molecular complexity index is 602. The molecular formula is C18H25N3O3S. The number of nitrogens with zero attached hydrogens (tertiary/aromatic N) is 1. The summed E-state index contributed by atoms with van der Waals surface area (Å²) in [6.07, 6.45) is 0.777. The fourth-order valence-corrected chi connectivity index (χ4v) is 4.01. The van der Waals surface area contributed by atoms with Gasteiger partial charge in [0.25, 0.3) is 5.91 Å². The number of nitrogens with one attached hydrogen (secondary N) is 2. The Kier molecular flexibility index (Phi) is 6.20. The molecule has 2 fully saturated rings. The molecule has 2 atom stereocenters. The van der Waals surface area contributed by atoms with E-state index in [4.69, 9.17) is 4.74 Å². The molecule has 2 unspecified atom stereocenters. The van der Waals surface area contributed by atoms with Gasteiger partial charge in [-0.25, -0.2) is 0 Å². The van der Waals surface area contributed by atoms with Crippen LogP contribution in [-0.2, 0) is 9.59 Å². The van der Waals surface area contributed by atoms with Gasteiger partial charge in [0.05, 0.1) is 11.9 Å². The first-order chi connectivity index (χ1) is 12.1. The minimum absolute atomic E-state index is 0.0105. The summed E-state index contributed by atoms with van der Waals surface area (Å²) in [6.45, 7) is 4.20. The van der Waals surface area contributed by atoms with Crippen LogP contribution in [-0.4, -0.2) is 60.6 Å². The van der Waals surface area contributed by atoms with Gasteiger partial charge in [0.1, 0.15) is 5.75 Å². The van der Waals surface area contributed by atoms with Crippen molar-refractivity contribution in [3.8, 4) is 5.75 Å². The summed E-state index contributed by atoms with van der Waals surface area (Å²) in [6, 6.07) is 7.51. The fourth-order valence-electron chi connectivity index (χ4n) is 3.05. The second-order valence-electron chi connectivity index (χ2n) is 6.61. The minimum atomic E-state index is -0.133. The molecule has 1 aromatic carbocycles. The Balaban J connectivity index is 1.35. The van der Waals surface area contributed by atoms with Crippen molar-refractivity contribution in [1.29, 1.82) is 0 Å². The summed E-state index contributed by atoms with van der Waals surface area (Å²) >= 11 is 1.80. The average Bonchev–Trinajstić information content (AvgIpc) is 3.30. The Labute approximate surface area is 152 Å². The third kappa shape index (κ3) is 5.12. The van der Waals surface area contributed by atoms with E-state index in [2.05, 4.69) is 10.6 Å². The van der Waals surface area contributed by atoms with Crippen LogP contribution in [0.3, 0.4) is 0 Å². The molecular weight excluding hydrogens is 338 g/mol. The number of benzene rings is 1. The zero-order valence-corrected chi connectivity index (χ0v) is 15.3. The summed E-state index contributed by atoms with van der Waals surface area (Å²) in [4.78, 5) is 26.2. The molecule has 0 aliphatic carbocycles. The standard InChI is InChI=1S/C18H25N3O3S/c1-13-2-4-15(5-3-13)24-11-17(22)20-10-14-8-16(19-9-14)18(23)21-6-7-25-12-21/h2-5,14,16,19H,6-12H2,1H3,(H,20,22). The van der Waals surface area contributed by atoms with Gasteiger partial charge in [-0.2, -0.15) is 0 Å². The summed E-state index contributed by atoms with van der Waals surface area (Å²) in [5.74, 6) is 2.87. The van der Waals surface area contributed by atoms with Crippen LogP contribution >= 0.6 is 11.8 Å². The van der Waals surface area contributed by atoms with Gasteiger partial charge in [-0.1, -0.05) is 17.7 Å². The largest absolute Gasteiger partial charge is 0.484 e. The number of thioether (sulfide) groups is 1. The summed E-state index contributed by atoms with van der Waals surface area (Å²) < 4.78 is 5.47. The van der Waals surface area contributed by atoms with E-state index < -0.39 is 0 Å². The van der Waals surface area contributed by atoms with E-state index in [0.717, 1.165) is 36.7 Å². The van der Waals surface area contributed by atoms with Crippen molar-refractivity contribution in [3.05, 3.63) is 29.8 Å². The van der Waals surface area contributed by atoms with Crippen molar-refractivity contribution < 1.29 is 14.3 Å². The maximum atomic E-state index is 12.4. The molecule has 2 saturated heterocycles. The fraction of sp³-hybridized carbons (Fsp3) is 0.556. The van der Waals surface area contributed by atoms with Gasteiger partial charge in [0.2, 0.25) is 5.91 Å². The van der Waals surface area contributed by atoms with E-state index in [9.17, 15) is 9.59 Å². The van der Waals surface area contributed by atoms with Gasteiger partial charge < -0.3 is 20.3 Å². The van der Waals surface area contributed by atoms with Crippen LogP contribution in [0, 0.1) is 12.8 Å². The van der Waals surface area contributed by atoms with Crippen LogP contribution in [0.15, 0.2) is 24.3 Å². The number of rotatable bonds is 6. The first kappa shape index (κ1) is 18.1. The van der Waals surface area contributed by atoms with Crippen molar-refractivity contribution in [2.45, 2.75) is 19.4 Å². The molecule has 2 heterocycles. The van der Waals surface area contributed by atoms with Gasteiger partial charge in [0.15, 0.2) is 6.61 Å². The lowest BCUT2D eigenvalue weighted by Crippen LogP contribution is -2.42. The van der Waals surface area contributed by atoms with Crippen molar-refractivity contribution in [1.82, 2.24) is 15.5 Å². The summed E-state index contributed by atoms with van der Waals surface area (Å²) in [5.41, 5.74) is 1.15. The number of ether oxygens (including phenoxy) is 1. The summed E-state index contributed by atoms with van der Waals surface area (Å²) in [7, 11) is 0. The lowest BCUT2D eigenvalue weighted by Gasteiger charge is -2.19. The van der Waals surface area contributed by atoms with Gasteiger partial charge >= 0.3 is 0 Å². The molecule has 6 nitrogen and oxygen atoms in total. The lowest BCUT2D eigenvalue weighted by atomic mass is 10.1. The van der Waals surface area contributed by atoms with E-state index in [1.165, 1.54) is 0 Å². The molecule has 7 heteroatoms. The molecule has 136 valence electrons. The van der Waals surface area contributed by atoms with Crippen LogP contribution in [0.25, 0.3) is 0 Å².